The van der Waals surface area contributed by atoms with E-state index in [9.17, 15) is 23.2 Å². The van der Waals surface area contributed by atoms with Crippen molar-refractivity contribution in [1.82, 2.24) is 19.0 Å². The number of halogens is 2. The Morgan fingerprint density at radius 1 is 0.976 bits per heavy atom. The molecule has 42 heavy (non-hydrogen) atoms. The van der Waals surface area contributed by atoms with Crippen LogP contribution in [-0.4, -0.2) is 69.5 Å². The average Bonchev–Trinajstić information content (AvgIpc) is 3.51. The fraction of sp³-hybridized carbons (Fsp3) is 0.310. The van der Waals surface area contributed by atoms with Gasteiger partial charge < -0.3 is 29.6 Å². The number of nitrogens with zero attached hydrogens (tertiary/aromatic N) is 4. The Labute approximate surface area is 239 Å². The predicted octanol–water partition coefficient (Wildman–Crippen LogP) is 3.50. The van der Waals surface area contributed by atoms with E-state index in [2.05, 4.69) is 16.1 Å². The molecule has 0 bridgehead atoms. The minimum Gasteiger partial charge on any atom is -0.481 e. The molecule has 0 spiro atoms. The summed E-state index contributed by atoms with van der Waals surface area (Å²) in [5.74, 6) is -5.48. The van der Waals surface area contributed by atoms with Crippen LogP contribution in [0.2, 0.25) is 0 Å². The van der Waals surface area contributed by atoms with Crippen LogP contribution in [0.15, 0.2) is 67.4 Å². The number of aliphatic hydroxyl groups is 1. The summed E-state index contributed by atoms with van der Waals surface area (Å²) in [5.41, 5.74) is 0.267. The molecule has 0 fully saturated rings. The second kappa shape index (κ2) is 14.3. The van der Waals surface area contributed by atoms with E-state index in [1.54, 1.807) is 24.4 Å². The van der Waals surface area contributed by atoms with Gasteiger partial charge >= 0.3 is 17.9 Å². The Kier molecular flexibility index (Phi) is 10.9. The number of aromatic nitrogens is 3. The van der Waals surface area contributed by atoms with Crippen LogP contribution in [0.4, 0.5) is 8.78 Å². The number of carboxylic acid groups (broad SMARTS) is 3. The van der Waals surface area contributed by atoms with Crippen molar-refractivity contribution in [3.63, 3.8) is 0 Å². The molecule has 2 heterocycles. The van der Waals surface area contributed by atoms with Gasteiger partial charge in [-0.25, -0.2) is 18.6 Å². The van der Waals surface area contributed by atoms with Crippen molar-refractivity contribution >= 4 is 28.8 Å². The van der Waals surface area contributed by atoms with Gasteiger partial charge in [-0.05, 0) is 47.9 Å². The van der Waals surface area contributed by atoms with Crippen molar-refractivity contribution in [3.05, 3.63) is 90.1 Å². The molecule has 2 aromatic heterocycles. The second-order valence-corrected chi connectivity index (χ2v) is 9.90. The zero-order valence-electron chi connectivity index (χ0n) is 22.9. The summed E-state index contributed by atoms with van der Waals surface area (Å²) >= 11 is 0. The molecule has 0 amide bonds. The Morgan fingerprint density at radius 2 is 1.67 bits per heavy atom. The largest absolute Gasteiger partial charge is 0.481 e. The summed E-state index contributed by atoms with van der Waals surface area (Å²) in [6.07, 6.45) is 6.23. The standard InChI is InChI=1S/C23H24F2N4.C6H8O7/c1-27-15-19(22-13-21(25)6-7-23(22)27)16-29(10-3-9-28-11-8-26-17-28)14-18-4-2-5-20(24)12-18;7-3(8)1-6(13,5(11)12)2-4(9)10/h2,4-8,11-13,15,17H,3,9-10,14,16H2,1H3;13H,1-2H2,(H,7,8)(H,9,10)(H,11,12). The van der Waals surface area contributed by atoms with Crippen LogP contribution in [0.3, 0.4) is 0 Å². The molecule has 0 aliphatic carbocycles. The lowest BCUT2D eigenvalue weighted by Crippen LogP contribution is -2.42. The van der Waals surface area contributed by atoms with E-state index in [4.69, 9.17) is 20.4 Å². The summed E-state index contributed by atoms with van der Waals surface area (Å²) in [7, 11) is 1.97. The Bertz CT molecular complexity index is 1510. The Morgan fingerprint density at radius 3 is 2.26 bits per heavy atom. The first kappa shape index (κ1) is 31.9. The van der Waals surface area contributed by atoms with Crippen LogP contribution in [0.5, 0.6) is 0 Å². The van der Waals surface area contributed by atoms with Gasteiger partial charge in [-0.3, -0.25) is 14.5 Å². The van der Waals surface area contributed by atoms with Gasteiger partial charge in [0, 0.05) is 62.7 Å². The van der Waals surface area contributed by atoms with E-state index < -0.39 is 36.4 Å². The summed E-state index contributed by atoms with van der Waals surface area (Å²) in [6.45, 7) is 3.00. The molecular weight excluding hydrogens is 554 g/mol. The molecule has 13 heteroatoms. The van der Waals surface area contributed by atoms with Gasteiger partial charge in [-0.1, -0.05) is 12.1 Å². The molecule has 4 N–H and O–H groups in total. The number of hydrogen-bond donors (Lipinski definition) is 4. The summed E-state index contributed by atoms with van der Waals surface area (Å²) < 4.78 is 31.6. The SMILES string of the molecule is Cn1cc(CN(CCCn2ccnc2)Cc2cccc(F)c2)c2cc(F)ccc21.O=C(O)CC(O)(CC(=O)O)C(=O)O. The second-order valence-electron chi connectivity index (χ2n) is 9.90. The molecule has 2 aromatic carbocycles. The van der Waals surface area contributed by atoms with Crippen LogP contribution in [0, 0.1) is 11.6 Å². The van der Waals surface area contributed by atoms with Crippen LogP contribution >= 0.6 is 0 Å². The van der Waals surface area contributed by atoms with E-state index in [0.717, 1.165) is 41.5 Å². The van der Waals surface area contributed by atoms with Crippen molar-refractivity contribution in [2.24, 2.45) is 7.05 Å². The molecule has 0 unspecified atom stereocenters. The zero-order chi connectivity index (χ0) is 30.9. The van der Waals surface area contributed by atoms with Crippen LogP contribution in [-0.2, 0) is 41.1 Å². The minimum absolute atomic E-state index is 0.229. The predicted molar refractivity (Wildman–Crippen MR) is 147 cm³/mol. The molecule has 224 valence electrons. The molecule has 4 rings (SSSR count). The molecule has 0 saturated heterocycles. The topological polar surface area (TPSA) is 158 Å². The highest BCUT2D eigenvalue weighted by Gasteiger charge is 2.40. The van der Waals surface area contributed by atoms with Gasteiger partial charge in [0.25, 0.3) is 0 Å². The first-order valence-corrected chi connectivity index (χ1v) is 12.9. The summed E-state index contributed by atoms with van der Waals surface area (Å²) in [6, 6.07) is 11.6. The first-order valence-electron chi connectivity index (χ1n) is 12.9. The fourth-order valence-corrected chi connectivity index (χ4v) is 4.53. The zero-order valence-corrected chi connectivity index (χ0v) is 22.9. The van der Waals surface area contributed by atoms with Crippen LogP contribution in [0.25, 0.3) is 10.9 Å². The van der Waals surface area contributed by atoms with E-state index in [-0.39, 0.29) is 11.6 Å². The highest BCUT2D eigenvalue weighted by atomic mass is 19.1. The maximum Gasteiger partial charge on any atom is 0.336 e. The van der Waals surface area contributed by atoms with Crippen LogP contribution < -0.4 is 0 Å². The first-order chi connectivity index (χ1) is 19.9. The lowest BCUT2D eigenvalue weighted by molar-refractivity contribution is -0.170. The third-order valence-electron chi connectivity index (χ3n) is 6.46. The molecule has 11 nitrogen and oxygen atoms in total. The number of carboxylic acids is 3. The molecule has 0 atom stereocenters. The van der Waals surface area contributed by atoms with E-state index >= 15 is 0 Å². The van der Waals surface area contributed by atoms with Gasteiger partial charge in [-0.15, -0.1) is 0 Å². The quantitative estimate of drug-likeness (QED) is 0.184. The lowest BCUT2D eigenvalue weighted by atomic mass is 9.96. The van der Waals surface area contributed by atoms with E-state index in [1.165, 1.54) is 12.1 Å². The van der Waals surface area contributed by atoms with Crippen molar-refractivity contribution in [3.8, 4) is 0 Å². The highest BCUT2D eigenvalue weighted by molar-refractivity contribution is 5.88. The number of carbonyl (C=O) groups is 3. The number of imidazole rings is 1. The summed E-state index contributed by atoms with van der Waals surface area (Å²) in [5, 5.41) is 34.7. The number of rotatable bonds is 13. The molecule has 0 radical (unpaired) electrons. The Hall–Kier alpha value is -4.62. The number of fused-ring (bicyclic) bond motifs is 1. The van der Waals surface area contributed by atoms with Crippen molar-refractivity contribution in [2.45, 2.75) is 44.5 Å². The number of benzene rings is 2. The van der Waals surface area contributed by atoms with E-state index in [0.29, 0.717) is 13.1 Å². The number of aliphatic carboxylic acids is 3. The third kappa shape index (κ3) is 9.21. The van der Waals surface area contributed by atoms with Crippen molar-refractivity contribution in [1.29, 1.82) is 0 Å². The van der Waals surface area contributed by atoms with Crippen LogP contribution in [0.1, 0.15) is 30.4 Å². The normalized spacial score (nSPS) is 11.4. The molecule has 0 aliphatic rings. The monoisotopic (exact) mass is 586 g/mol. The maximum absolute atomic E-state index is 13.8. The fourth-order valence-electron chi connectivity index (χ4n) is 4.53. The van der Waals surface area contributed by atoms with Gasteiger partial charge in [-0.2, -0.15) is 0 Å². The number of hydrogen-bond acceptors (Lipinski definition) is 6. The van der Waals surface area contributed by atoms with Gasteiger partial charge in [0.05, 0.1) is 19.2 Å². The third-order valence-corrected chi connectivity index (χ3v) is 6.46. The van der Waals surface area contributed by atoms with Gasteiger partial charge in [0.15, 0.2) is 5.60 Å². The molecular formula is C29H32F2N4O7. The molecule has 4 aromatic rings. The lowest BCUT2D eigenvalue weighted by Gasteiger charge is -2.22. The van der Waals surface area contributed by atoms with Crippen molar-refractivity contribution in [2.75, 3.05) is 6.54 Å². The smallest absolute Gasteiger partial charge is 0.336 e. The van der Waals surface area contributed by atoms with E-state index in [1.807, 2.05) is 40.8 Å². The molecule has 0 aliphatic heterocycles. The highest BCUT2D eigenvalue weighted by Crippen LogP contribution is 2.24. The summed E-state index contributed by atoms with van der Waals surface area (Å²) in [4.78, 5) is 36.8. The maximum atomic E-state index is 13.8. The average molecular weight is 587 g/mol. The van der Waals surface area contributed by atoms with Crippen molar-refractivity contribution < 1.29 is 43.6 Å². The van der Waals surface area contributed by atoms with Gasteiger partial charge in [0.1, 0.15) is 11.6 Å². The number of aryl methyl sites for hydroxylation is 2. The minimum atomic E-state index is -2.74. The molecule has 0 saturated carbocycles. The van der Waals surface area contributed by atoms with Gasteiger partial charge in [0.2, 0.25) is 0 Å². The Balaban J connectivity index is 0.000000316.